The van der Waals surface area contributed by atoms with E-state index in [2.05, 4.69) is 39.6 Å². The van der Waals surface area contributed by atoms with Gasteiger partial charge < -0.3 is 15.2 Å². The van der Waals surface area contributed by atoms with Crippen molar-refractivity contribution in [1.29, 1.82) is 0 Å². The highest BCUT2D eigenvalue weighted by Gasteiger charge is 2.08. The van der Waals surface area contributed by atoms with Crippen molar-refractivity contribution < 1.29 is 4.52 Å². The zero-order chi connectivity index (χ0) is 17.4. The highest BCUT2D eigenvalue weighted by Crippen LogP contribution is 2.18. The van der Waals surface area contributed by atoms with E-state index in [1.807, 2.05) is 19.1 Å². The minimum atomic E-state index is 0.331. The van der Waals surface area contributed by atoms with Crippen molar-refractivity contribution in [2.24, 2.45) is 10.9 Å². The van der Waals surface area contributed by atoms with Crippen molar-refractivity contribution in [3.63, 3.8) is 0 Å². The first-order valence-corrected chi connectivity index (χ1v) is 8.57. The van der Waals surface area contributed by atoms with E-state index in [1.165, 1.54) is 0 Å². The summed E-state index contributed by atoms with van der Waals surface area (Å²) >= 11 is 5.88. The van der Waals surface area contributed by atoms with Gasteiger partial charge in [-0.2, -0.15) is 4.98 Å². The fraction of sp³-hybridized carbons (Fsp3) is 0.471. The molecule has 0 atom stereocenters. The van der Waals surface area contributed by atoms with Crippen molar-refractivity contribution in [2.75, 3.05) is 13.1 Å². The summed E-state index contributed by atoms with van der Waals surface area (Å²) in [5.74, 6) is 2.42. The number of nitrogens with zero attached hydrogens (tertiary/aromatic N) is 3. The Morgan fingerprint density at radius 2 is 2.00 bits per heavy atom. The zero-order valence-electron chi connectivity index (χ0n) is 14.3. The predicted octanol–water partition coefficient (Wildman–Crippen LogP) is 3.49. The van der Waals surface area contributed by atoms with Crippen LogP contribution in [0.1, 0.15) is 33.1 Å². The van der Waals surface area contributed by atoms with Crippen LogP contribution in [0.25, 0.3) is 11.4 Å². The molecule has 0 aliphatic carbocycles. The lowest BCUT2D eigenvalue weighted by Crippen LogP contribution is -2.38. The van der Waals surface area contributed by atoms with Gasteiger partial charge in [-0.05, 0) is 43.5 Å². The van der Waals surface area contributed by atoms with E-state index >= 15 is 0 Å². The van der Waals surface area contributed by atoms with Gasteiger partial charge in [0.15, 0.2) is 5.96 Å². The molecule has 7 heteroatoms. The van der Waals surface area contributed by atoms with Crippen LogP contribution in [-0.4, -0.2) is 29.2 Å². The molecule has 6 nitrogen and oxygen atoms in total. The van der Waals surface area contributed by atoms with Gasteiger partial charge in [0.25, 0.3) is 0 Å². The van der Waals surface area contributed by atoms with Crippen molar-refractivity contribution in [3.8, 4) is 11.4 Å². The Morgan fingerprint density at radius 3 is 2.67 bits per heavy atom. The van der Waals surface area contributed by atoms with Gasteiger partial charge in [0.1, 0.15) is 6.54 Å². The van der Waals surface area contributed by atoms with E-state index in [4.69, 9.17) is 16.1 Å². The lowest BCUT2D eigenvalue weighted by Gasteiger charge is -2.11. The van der Waals surface area contributed by atoms with E-state index in [1.54, 1.807) is 12.1 Å². The fourth-order valence-corrected chi connectivity index (χ4v) is 2.13. The van der Waals surface area contributed by atoms with E-state index in [9.17, 15) is 0 Å². The number of aromatic nitrogens is 2. The lowest BCUT2D eigenvalue weighted by molar-refractivity contribution is 0.380. The van der Waals surface area contributed by atoms with Gasteiger partial charge in [-0.1, -0.05) is 30.6 Å². The Morgan fingerprint density at radius 1 is 1.25 bits per heavy atom. The Labute approximate surface area is 147 Å². The molecule has 0 radical (unpaired) electrons. The number of nitrogens with one attached hydrogen (secondary N) is 2. The first-order valence-electron chi connectivity index (χ1n) is 8.19. The zero-order valence-corrected chi connectivity index (χ0v) is 15.1. The van der Waals surface area contributed by atoms with Crippen LogP contribution in [-0.2, 0) is 6.54 Å². The average molecular weight is 350 g/mol. The Hall–Kier alpha value is -2.08. The summed E-state index contributed by atoms with van der Waals surface area (Å²) in [6.07, 6.45) is 1.09. The first kappa shape index (κ1) is 18.3. The van der Waals surface area contributed by atoms with Gasteiger partial charge in [0.2, 0.25) is 11.7 Å². The molecule has 0 amide bonds. The van der Waals surface area contributed by atoms with E-state index in [0.29, 0.717) is 29.2 Å². The van der Waals surface area contributed by atoms with Crippen LogP contribution in [0.5, 0.6) is 0 Å². The van der Waals surface area contributed by atoms with Crippen LogP contribution in [0.3, 0.4) is 0 Å². The lowest BCUT2D eigenvalue weighted by atomic mass is 10.1. The van der Waals surface area contributed by atoms with Gasteiger partial charge in [-0.25, -0.2) is 4.99 Å². The summed E-state index contributed by atoms with van der Waals surface area (Å²) in [6, 6.07) is 7.32. The summed E-state index contributed by atoms with van der Waals surface area (Å²) in [7, 11) is 0. The van der Waals surface area contributed by atoms with Gasteiger partial charge in [-0.15, -0.1) is 0 Å². The molecule has 2 aromatic rings. The van der Waals surface area contributed by atoms with Gasteiger partial charge in [0, 0.05) is 23.7 Å². The summed E-state index contributed by atoms with van der Waals surface area (Å²) in [4.78, 5) is 8.85. The number of aliphatic imine (C=N–C) groups is 1. The molecular formula is C17H24ClN5O. The molecule has 2 rings (SSSR count). The molecule has 24 heavy (non-hydrogen) atoms. The molecule has 0 saturated heterocycles. The molecule has 0 unspecified atom stereocenters. The quantitative estimate of drug-likeness (QED) is 0.591. The molecule has 0 fully saturated rings. The molecule has 1 aromatic heterocycles. The third kappa shape index (κ3) is 5.85. The molecule has 130 valence electrons. The molecule has 0 aliphatic rings. The smallest absolute Gasteiger partial charge is 0.248 e. The van der Waals surface area contributed by atoms with Crippen molar-refractivity contribution in [3.05, 3.63) is 35.2 Å². The molecular weight excluding hydrogens is 326 g/mol. The predicted molar refractivity (Wildman–Crippen MR) is 97.0 cm³/mol. The molecule has 0 spiro atoms. The van der Waals surface area contributed by atoms with Gasteiger partial charge in [0.05, 0.1) is 0 Å². The summed E-state index contributed by atoms with van der Waals surface area (Å²) < 4.78 is 5.26. The normalized spacial score (nSPS) is 11.8. The summed E-state index contributed by atoms with van der Waals surface area (Å²) in [5, 5.41) is 11.2. The van der Waals surface area contributed by atoms with Crippen molar-refractivity contribution in [1.82, 2.24) is 20.8 Å². The molecule has 1 heterocycles. The maximum absolute atomic E-state index is 5.88. The van der Waals surface area contributed by atoms with E-state index < -0.39 is 0 Å². The van der Waals surface area contributed by atoms with Crippen LogP contribution in [0, 0.1) is 5.92 Å². The largest absolute Gasteiger partial charge is 0.357 e. The summed E-state index contributed by atoms with van der Waals surface area (Å²) in [5.41, 5.74) is 0.861. The fourth-order valence-electron chi connectivity index (χ4n) is 2.00. The second-order valence-corrected chi connectivity index (χ2v) is 6.26. The van der Waals surface area contributed by atoms with Crippen LogP contribution < -0.4 is 10.6 Å². The molecule has 0 aliphatic heterocycles. The third-order valence-electron chi connectivity index (χ3n) is 3.30. The average Bonchev–Trinajstić information content (AvgIpc) is 3.02. The Bertz CT molecular complexity index is 651. The van der Waals surface area contributed by atoms with E-state index in [-0.39, 0.29) is 0 Å². The third-order valence-corrected chi connectivity index (χ3v) is 3.55. The second kappa shape index (κ2) is 9.27. The monoisotopic (exact) mass is 349 g/mol. The number of hydrogen-bond donors (Lipinski definition) is 2. The van der Waals surface area contributed by atoms with Crippen LogP contribution in [0.15, 0.2) is 33.8 Å². The van der Waals surface area contributed by atoms with E-state index in [0.717, 1.165) is 31.0 Å². The van der Waals surface area contributed by atoms with Gasteiger partial charge in [-0.3, -0.25) is 0 Å². The van der Waals surface area contributed by atoms with Gasteiger partial charge >= 0.3 is 0 Å². The molecule has 2 N–H and O–H groups in total. The molecule has 0 saturated carbocycles. The first-order chi connectivity index (χ1) is 11.6. The minimum Gasteiger partial charge on any atom is -0.357 e. The van der Waals surface area contributed by atoms with Crippen LogP contribution in [0.4, 0.5) is 0 Å². The van der Waals surface area contributed by atoms with Crippen LogP contribution in [0.2, 0.25) is 5.02 Å². The van der Waals surface area contributed by atoms with Crippen molar-refractivity contribution >= 4 is 17.6 Å². The SMILES string of the molecule is CCNC(=NCc1nc(-c2ccc(Cl)cc2)no1)NCCC(C)C. The second-order valence-electron chi connectivity index (χ2n) is 5.82. The minimum absolute atomic E-state index is 0.331. The number of halogens is 1. The highest BCUT2D eigenvalue weighted by atomic mass is 35.5. The number of hydrogen-bond acceptors (Lipinski definition) is 4. The van der Waals surface area contributed by atoms with Crippen LogP contribution >= 0.6 is 11.6 Å². The Balaban J connectivity index is 1.97. The number of guanidine groups is 1. The highest BCUT2D eigenvalue weighted by molar-refractivity contribution is 6.30. The maximum atomic E-state index is 5.88. The van der Waals surface area contributed by atoms with Crippen molar-refractivity contribution in [2.45, 2.75) is 33.7 Å². The molecule has 0 bridgehead atoms. The number of benzene rings is 1. The summed E-state index contributed by atoms with van der Waals surface area (Å²) in [6.45, 7) is 8.43. The Kier molecular flexibility index (Phi) is 7.06. The topological polar surface area (TPSA) is 75.3 Å². The standard InChI is InChI=1S/C17H24ClN5O/c1-4-19-17(20-10-9-12(2)3)21-11-15-22-16(23-24-15)13-5-7-14(18)8-6-13/h5-8,12H,4,9-11H2,1-3H3,(H2,19,20,21). The maximum Gasteiger partial charge on any atom is 0.248 e. The number of rotatable bonds is 7. The molecule has 1 aromatic carbocycles.